The smallest absolute Gasteiger partial charge is 0.251 e. The summed E-state index contributed by atoms with van der Waals surface area (Å²) in [6.07, 6.45) is 1.22. The molecule has 9 heteroatoms. The summed E-state index contributed by atoms with van der Waals surface area (Å²) in [5.74, 6) is -0.628. The molecule has 1 saturated heterocycles. The number of likely N-dealkylation sites (tertiary alicyclic amines) is 1. The van der Waals surface area contributed by atoms with Gasteiger partial charge in [0.1, 0.15) is 6.04 Å². The van der Waals surface area contributed by atoms with Gasteiger partial charge in [0, 0.05) is 29.7 Å². The van der Waals surface area contributed by atoms with Crippen molar-refractivity contribution in [3.8, 4) is 0 Å². The minimum absolute atomic E-state index is 0.0324. The molecular formula is C23H28ClN3O4S. The van der Waals surface area contributed by atoms with Crippen LogP contribution < -0.4 is 10.0 Å². The number of nitrogens with zero attached hydrogens (tertiary/aromatic N) is 1. The van der Waals surface area contributed by atoms with Crippen molar-refractivity contribution in [3.05, 3.63) is 65.2 Å². The number of benzene rings is 2. The highest BCUT2D eigenvalue weighted by Gasteiger charge is 2.33. The molecular weight excluding hydrogens is 450 g/mol. The van der Waals surface area contributed by atoms with Gasteiger partial charge in [-0.25, -0.2) is 8.42 Å². The highest BCUT2D eigenvalue weighted by molar-refractivity contribution is 7.89. The van der Waals surface area contributed by atoms with Gasteiger partial charge >= 0.3 is 0 Å². The topological polar surface area (TPSA) is 95.6 Å². The van der Waals surface area contributed by atoms with Crippen molar-refractivity contribution in [2.24, 2.45) is 5.92 Å². The van der Waals surface area contributed by atoms with Crippen molar-refractivity contribution in [1.29, 1.82) is 0 Å². The SMILES string of the molecule is CC(C)[C@H](NS(=O)(=O)c1ccc(Cl)cc1)C(=O)N1CCC(NC(=O)c2ccccc2)CC1. The number of halogens is 1. The Morgan fingerprint density at radius 1 is 1.00 bits per heavy atom. The lowest BCUT2D eigenvalue weighted by molar-refractivity contribution is -0.135. The van der Waals surface area contributed by atoms with Crippen LogP contribution in [-0.4, -0.2) is 50.3 Å². The predicted octanol–water partition coefficient (Wildman–Crippen LogP) is 3.06. The Labute approximate surface area is 194 Å². The number of nitrogens with one attached hydrogen (secondary N) is 2. The molecule has 32 heavy (non-hydrogen) atoms. The maximum atomic E-state index is 13.1. The third-order valence-electron chi connectivity index (χ3n) is 5.52. The average molecular weight is 478 g/mol. The Morgan fingerprint density at radius 3 is 2.16 bits per heavy atom. The first-order valence-electron chi connectivity index (χ1n) is 10.6. The summed E-state index contributed by atoms with van der Waals surface area (Å²) < 4.78 is 28.1. The second-order valence-corrected chi connectivity index (χ2v) is 10.4. The van der Waals surface area contributed by atoms with Crippen LogP contribution in [0.15, 0.2) is 59.5 Å². The first-order valence-corrected chi connectivity index (χ1v) is 12.5. The quantitative estimate of drug-likeness (QED) is 0.640. The molecule has 0 bridgehead atoms. The van der Waals surface area contributed by atoms with E-state index in [1.54, 1.807) is 30.9 Å². The Balaban J connectivity index is 1.60. The first kappa shape index (κ1) is 24.2. The van der Waals surface area contributed by atoms with Gasteiger partial charge in [0.25, 0.3) is 5.91 Å². The van der Waals surface area contributed by atoms with Gasteiger partial charge < -0.3 is 10.2 Å². The minimum Gasteiger partial charge on any atom is -0.349 e. The minimum atomic E-state index is -3.88. The lowest BCUT2D eigenvalue weighted by Crippen LogP contribution is -2.54. The number of carbonyl (C=O) groups is 2. The fraction of sp³-hybridized carbons (Fsp3) is 0.391. The van der Waals surface area contributed by atoms with Crippen molar-refractivity contribution >= 4 is 33.4 Å². The molecule has 2 aromatic carbocycles. The summed E-state index contributed by atoms with van der Waals surface area (Å²) in [7, 11) is -3.88. The molecule has 7 nitrogen and oxygen atoms in total. The van der Waals surface area contributed by atoms with E-state index in [0.29, 0.717) is 36.5 Å². The summed E-state index contributed by atoms with van der Waals surface area (Å²) in [5.41, 5.74) is 0.600. The van der Waals surface area contributed by atoms with E-state index in [1.807, 2.05) is 18.2 Å². The largest absolute Gasteiger partial charge is 0.349 e. The van der Waals surface area contributed by atoms with Crippen LogP contribution in [-0.2, 0) is 14.8 Å². The summed E-state index contributed by atoms with van der Waals surface area (Å²) >= 11 is 5.85. The Hall–Kier alpha value is -2.42. The van der Waals surface area contributed by atoms with E-state index in [4.69, 9.17) is 11.6 Å². The Morgan fingerprint density at radius 2 is 1.59 bits per heavy atom. The fourth-order valence-electron chi connectivity index (χ4n) is 3.62. The van der Waals surface area contributed by atoms with Gasteiger partial charge in [-0.1, -0.05) is 43.6 Å². The van der Waals surface area contributed by atoms with Gasteiger partial charge in [-0.15, -0.1) is 0 Å². The van der Waals surface area contributed by atoms with E-state index in [2.05, 4.69) is 10.0 Å². The maximum Gasteiger partial charge on any atom is 0.251 e. The summed E-state index contributed by atoms with van der Waals surface area (Å²) in [6.45, 7) is 4.51. The zero-order valence-electron chi connectivity index (χ0n) is 18.1. The molecule has 2 N–H and O–H groups in total. The number of hydrogen-bond acceptors (Lipinski definition) is 4. The fourth-order valence-corrected chi connectivity index (χ4v) is 5.08. The molecule has 1 fully saturated rings. The molecule has 2 aromatic rings. The van der Waals surface area contributed by atoms with Gasteiger partial charge in [0.05, 0.1) is 4.90 Å². The molecule has 0 spiro atoms. The molecule has 0 radical (unpaired) electrons. The van der Waals surface area contributed by atoms with Crippen LogP contribution in [0.2, 0.25) is 5.02 Å². The van der Waals surface area contributed by atoms with E-state index in [9.17, 15) is 18.0 Å². The highest BCUT2D eigenvalue weighted by atomic mass is 35.5. The number of sulfonamides is 1. The standard InChI is InChI=1S/C23H28ClN3O4S/c1-16(2)21(26-32(30,31)20-10-8-18(24)9-11-20)23(29)27-14-12-19(13-15-27)25-22(28)17-6-4-3-5-7-17/h3-11,16,19,21,26H,12-15H2,1-2H3,(H,25,28)/t21-/m0/s1. The van der Waals surface area contributed by atoms with Crippen LogP contribution >= 0.6 is 11.6 Å². The van der Waals surface area contributed by atoms with Crippen molar-refractivity contribution < 1.29 is 18.0 Å². The number of piperidine rings is 1. The average Bonchev–Trinajstić information content (AvgIpc) is 2.78. The van der Waals surface area contributed by atoms with Crippen LogP contribution in [0, 0.1) is 5.92 Å². The van der Waals surface area contributed by atoms with Crippen LogP contribution in [0.1, 0.15) is 37.0 Å². The highest BCUT2D eigenvalue weighted by Crippen LogP contribution is 2.19. The Kier molecular flexibility index (Phi) is 7.92. The van der Waals surface area contributed by atoms with Crippen LogP contribution in [0.25, 0.3) is 0 Å². The number of amides is 2. The summed E-state index contributed by atoms with van der Waals surface area (Å²) in [5, 5.41) is 3.44. The molecule has 0 aliphatic carbocycles. The molecule has 172 valence electrons. The normalized spacial score (nSPS) is 16.1. The number of rotatable bonds is 7. The van der Waals surface area contributed by atoms with Crippen molar-refractivity contribution in [3.63, 3.8) is 0 Å². The van der Waals surface area contributed by atoms with E-state index in [0.717, 1.165) is 0 Å². The first-order chi connectivity index (χ1) is 15.2. The Bertz CT molecular complexity index is 1030. The van der Waals surface area contributed by atoms with Gasteiger partial charge in [-0.05, 0) is 55.2 Å². The monoisotopic (exact) mass is 477 g/mol. The molecule has 1 heterocycles. The second-order valence-electron chi connectivity index (χ2n) is 8.24. The molecule has 0 aromatic heterocycles. The van der Waals surface area contributed by atoms with Crippen LogP contribution in [0.5, 0.6) is 0 Å². The van der Waals surface area contributed by atoms with E-state index in [-0.39, 0.29) is 28.7 Å². The molecule has 1 aliphatic heterocycles. The van der Waals surface area contributed by atoms with Gasteiger partial charge in [-0.3, -0.25) is 9.59 Å². The van der Waals surface area contributed by atoms with Crippen LogP contribution in [0.4, 0.5) is 0 Å². The molecule has 1 atom stereocenters. The van der Waals surface area contributed by atoms with Gasteiger partial charge in [-0.2, -0.15) is 4.72 Å². The lowest BCUT2D eigenvalue weighted by atomic mass is 10.00. The van der Waals surface area contributed by atoms with Crippen molar-refractivity contribution in [2.45, 2.75) is 43.7 Å². The summed E-state index contributed by atoms with van der Waals surface area (Å²) in [6, 6.07) is 13.9. The third kappa shape index (κ3) is 6.09. The van der Waals surface area contributed by atoms with Crippen molar-refractivity contribution in [1.82, 2.24) is 14.9 Å². The lowest BCUT2D eigenvalue weighted by Gasteiger charge is -2.35. The van der Waals surface area contributed by atoms with Gasteiger partial charge in [0.2, 0.25) is 15.9 Å². The van der Waals surface area contributed by atoms with E-state index < -0.39 is 16.1 Å². The predicted molar refractivity (Wildman–Crippen MR) is 124 cm³/mol. The second kappa shape index (κ2) is 10.5. The molecule has 2 amide bonds. The number of hydrogen-bond donors (Lipinski definition) is 2. The molecule has 0 unspecified atom stereocenters. The van der Waals surface area contributed by atoms with Gasteiger partial charge in [0.15, 0.2) is 0 Å². The summed E-state index contributed by atoms with van der Waals surface area (Å²) in [4.78, 5) is 27.2. The third-order valence-corrected chi connectivity index (χ3v) is 7.23. The molecule has 3 rings (SSSR count). The zero-order chi connectivity index (χ0) is 23.3. The van der Waals surface area contributed by atoms with Crippen molar-refractivity contribution in [2.75, 3.05) is 13.1 Å². The zero-order valence-corrected chi connectivity index (χ0v) is 19.7. The number of carbonyl (C=O) groups excluding carboxylic acids is 2. The van der Waals surface area contributed by atoms with E-state index >= 15 is 0 Å². The maximum absolute atomic E-state index is 13.1. The van der Waals surface area contributed by atoms with Crippen LogP contribution in [0.3, 0.4) is 0 Å². The van der Waals surface area contributed by atoms with E-state index in [1.165, 1.54) is 24.3 Å². The molecule has 0 saturated carbocycles. The molecule has 1 aliphatic rings.